The second kappa shape index (κ2) is 8.77. The molecule has 1 aliphatic rings. The minimum absolute atomic E-state index is 0.126. The van der Waals surface area contributed by atoms with Crippen LogP contribution in [0.3, 0.4) is 0 Å². The minimum atomic E-state index is -0.572. The van der Waals surface area contributed by atoms with E-state index in [9.17, 15) is 13.6 Å². The van der Waals surface area contributed by atoms with Gasteiger partial charge in [0.05, 0.1) is 12.2 Å². The number of nitrogens with zero attached hydrogens (tertiary/aromatic N) is 2. The van der Waals surface area contributed by atoms with Crippen LogP contribution in [-0.2, 0) is 17.3 Å². The van der Waals surface area contributed by atoms with Crippen LogP contribution in [0.5, 0.6) is 0 Å². The van der Waals surface area contributed by atoms with E-state index in [0.29, 0.717) is 35.4 Å². The smallest absolute Gasteiger partial charge is 0.403 e. The van der Waals surface area contributed by atoms with Crippen LogP contribution in [0.4, 0.5) is 8.78 Å². The quantitative estimate of drug-likeness (QED) is 0.416. The van der Waals surface area contributed by atoms with Gasteiger partial charge in [0.25, 0.3) is 5.69 Å². The topological polar surface area (TPSA) is 34.1 Å². The maximum absolute atomic E-state index is 14.9. The fraction of sp³-hybridized carbons (Fsp3) is 0.346. The van der Waals surface area contributed by atoms with Crippen LogP contribution in [0.25, 0.3) is 11.3 Å². The van der Waals surface area contributed by atoms with Gasteiger partial charge in [0.1, 0.15) is 18.7 Å². The highest BCUT2D eigenvalue weighted by molar-refractivity contribution is 5.85. The van der Waals surface area contributed by atoms with Gasteiger partial charge in [-0.3, -0.25) is 0 Å². The first kappa shape index (κ1) is 22.1. The van der Waals surface area contributed by atoms with E-state index < -0.39 is 17.2 Å². The zero-order valence-electron chi connectivity index (χ0n) is 18.6. The van der Waals surface area contributed by atoms with Gasteiger partial charge >= 0.3 is 5.97 Å². The highest BCUT2D eigenvalue weighted by Gasteiger charge is 2.52. The van der Waals surface area contributed by atoms with Crippen molar-refractivity contribution < 1.29 is 27.4 Å². The summed E-state index contributed by atoms with van der Waals surface area (Å²) in [5.74, 6) is -1.64. The lowest BCUT2D eigenvalue weighted by molar-refractivity contribution is -0.763. The molecule has 4 nitrogen and oxygen atoms in total. The Hall–Kier alpha value is -3.15. The average molecular weight is 439 g/mol. The van der Waals surface area contributed by atoms with Crippen molar-refractivity contribution in [3.63, 3.8) is 0 Å². The van der Waals surface area contributed by atoms with E-state index in [-0.39, 0.29) is 18.5 Å². The molecule has 2 aromatic heterocycles. The van der Waals surface area contributed by atoms with Crippen LogP contribution in [0.2, 0.25) is 0 Å². The highest BCUT2D eigenvalue weighted by atomic mass is 19.1. The Labute approximate surface area is 187 Å². The van der Waals surface area contributed by atoms with Gasteiger partial charge < -0.3 is 4.74 Å². The number of benzene rings is 1. The molecule has 0 saturated carbocycles. The molecule has 32 heavy (non-hydrogen) atoms. The molecule has 4 rings (SSSR count). The van der Waals surface area contributed by atoms with Crippen molar-refractivity contribution in [1.82, 2.24) is 0 Å². The van der Waals surface area contributed by atoms with Gasteiger partial charge in [0.15, 0.2) is 17.9 Å². The largest absolute Gasteiger partial charge is 0.457 e. The van der Waals surface area contributed by atoms with E-state index in [4.69, 9.17) is 4.74 Å². The molecule has 0 aliphatic carbocycles. The van der Waals surface area contributed by atoms with Gasteiger partial charge in [-0.15, -0.1) is 0 Å². The third-order valence-electron chi connectivity index (χ3n) is 6.76. The summed E-state index contributed by atoms with van der Waals surface area (Å²) >= 11 is 0. The predicted octanol–water partition coefficient (Wildman–Crippen LogP) is 4.60. The molecule has 0 spiro atoms. The molecule has 166 valence electrons. The Morgan fingerprint density at radius 3 is 2.56 bits per heavy atom. The Bertz CT molecular complexity index is 1160. The summed E-state index contributed by atoms with van der Waals surface area (Å²) in [6, 6.07) is 13.4. The molecular weight excluding hydrogens is 410 g/mol. The van der Waals surface area contributed by atoms with Gasteiger partial charge in [-0.1, -0.05) is 13.8 Å². The molecule has 0 bridgehead atoms. The Kier molecular flexibility index (Phi) is 6.04. The van der Waals surface area contributed by atoms with Gasteiger partial charge in [-0.05, 0) is 30.2 Å². The third kappa shape index (κ3) is 3.57. The molecule has 0 amide bonds. The van der Waals surface area contributed by atoms with Crippen molar-refractivity contribution >= 4 is 5.97 Å². The zero-order valence-corrected chi connectivity index (χ0v) is 18.6. The van der Waals surface area contributed by atoms with Gasteiger partial charge in [0.2, 0.25) is 5.69 Å². The van der Waals surface area contributed by atoms with Crippen LogP contribution in [0.15, 0.2) is 60.9 Å². The summed E-state index contributed by atoms with van der Waals surface area (Å²) < 4.78 is 38.7. The second-order valence-electron chi connectivity index (χ2n) is 8.31. The molecule has 0 fully saturated rings. The number of aryl methyl sites for hydroxylation is 1. The fourth-order valence-corrected chi connectivity index (χ4v) is 5.25. The van der Waals surface area contributed by atoms with Crippen LogP contribution in [-0.4, -0.2) is 12.6 Å². The average Bonchev–Trinajstić information content (AvgIpc) is 2.78. The van der Waals surface area contributed by atoms with Crippen molar-refractivity contribution in [3.8, 4) is 11.3 Å². The molecule has 2 atom stereocenters. The van der Waals surface area contributed by atoms with Gasteiger partial charge in [-0.2, -0.15) is 9.13 Å². The lowest BCUT2D eigenvalue weighted by Gasteiger charge is -2.40. The number of fused-ring (bicyclic) bond motifs is 3. The van der Waals surface area contributed by atoms with E-state index in [1.807, 2.05) is 37.4 Å². The van der Waals surface area contributed by atoms with Crippen LogP contribution in [0.1, 0.15) is 55.1 Å². The Morgan fingerprint density at radius 1 is 1.09 bits per heavy atom. The lowest BCUT2D eigenvalue weighted by atomic mass is 9.69. The molecule has 1 aromatic carbocycles. The zero-order chi connectivity index (χ0) is 22.9. The van der Waals surface area contributed by atoms with Crippen molar-refractivity contribution in [2.24, 2.45) is 7.05 Å². The number of hydrogen-bond donors (Lipinski definition) is 0. The van der Waals surface area contributed by atoms with Crippen LogP contribution >= 0.6 is 0 Å². The lowest BCUT2D eigenvalue weighted by Crippen LogP contribution is -2.63. The van der Waals surface area contributed by atoms with E-state index in [2.05, 4.69) is 11.5 Å². The normalized spacial score (nSPS) is 19.2. The molecule has 3 aromatic rings. The number of ether oxygens (including phenoxy) is 1. The molecule has 0 radical (unpaired) electrons. The first-order valence-electron chi connectivity index (χ1n) is 11.0. The number of halogens is 2. The highest BCUT2D eigenvalue weighted by Crippen LogP contribution is 2.47. The number of carbonyl (C=O) groups is 1. The van der Waals surface area contributed by atoms with Crippen molar-refractivity contribution in [3.05, 3.63) is 83.8 Å². The van der Waals surface area contributed by atoms with E-state index >= 15 is 0 Å². The standard InChI is InChI=1S/C26H28F2N2O2/c1-4-20-19-16-18(27)17-21(28)24(19)22-10-7-9-14-30(22)26(20,5-2)12-15-32-25(31)23-11-6-8-13-29(23)3/h6-11,13-14,16-17,20H,4-5,12,15H2,1-3H3/q+2. The van der Waals surface area contributed by atoms with Crippen LogP contribution in [0, 0.1) is 11.6 Å². The number of pyridine rings is 2. The molecule has 0 saturated heterocycles. The van der Waals surface area contributed by atoms with Crippen molar-refractivity contribution in [1.29, 1.82) is 0 Å². The molecule has 6 heteroatoms. The summed E-state index contributed by atoms with van der Waals surface area (Å²) in [7, 11) is 1.80. The SMILES string of the molecule is CCC1c2cc(F)cc(F)c2-c2cccc[n+]2C1(CC)CCOC(=O)c1cccc[n+]1C. The van der Waals surface area contributed by atoms with Crippen LogP contribution < -0.4 is 9.13 Å². The number of rotatable bonds is 6. The van der Waals surface area contributed by atoms with Gasteiger partial charge in [-0.25, -0.2) is 13.6 Å². The third-order valence-corrected chi connectivity index (χ3v) is 6.76. The first-order valence-corrected chi connectivity index (χ1v) is 11.0. The van der Waals surface area contributed by atoms with Gasteiger partial charge in [0, 0.05) is 49.1 Å². The van der Waals surface area contributed by atoms with Crippen molar-refractivity contribution in [2.75, 3.05) is 6.61 Å². The predicted molar refractivity (Wildman–Crippen MR) is 116 cm³/mol. The first-order chi connectivity index (χ1) is 15.4. The maximum Gasteiger partial charge on any atom is 0.403 e. The minimum Gasteiger partial charge on any atom is -0.457 e. The summed E-state index contributed by atoms with van der Waals surface area (Å²) in [5, 5.41) is 0. The molecule has 2 unspecified atom stereocenters. The summed E-state index contributed by atoms with van der Waals surface area (Å²) in [4.78, 5) is 12.6. The van der Waals surface area contributed by atoms with Crippen molar-refractivity contribution in [2.45, 2.75) is 44.6 Å². The molecular formula is C26H28F2N2O2+2. The number of aromatic nitrogens is 2. The maximum atomic E-state index is 14.9. The summed E-state index contributed by atoms with van der Waals surface area (Å²) in [6.45, 7) is 4.31. The molecule has 1 aliphatic heterocycles. The Balaban J connectivity index is 1.72. The number of esters is 1. The number of carbonyl (C=O) groups excluding carboxylic acids is 1. The summed E-state index contributed by atoms with van der Waals surface area (Å²) in [5.41, 5.74) is 1.84. The monoisotopic (exact) mass is 438 g/mol. The van der Waals surface area contributed by atoms with E-state index in [1.165, 1.54) is 6.07 Å². The Morgan fingerprint density at radius 2 is 1.84 bits per heavy atom. The second-order valence-corrected chi connectivity index (χ2v) is 8.31. The summed E-state index contributed by atoms with van der Waals surface area (Å²) in [6.07, 6.45) is 5.70. The molecule has 3 heterocycles. The fourth-order valence-electron chi connectivity index (χ4n) is 5.25. The van der Waals surface area contributed by atoms with E-state index in [0.717, 1.165) is 12.5 Å². The molecule has 0 N–H and O–H groups in total. The van der Waals surface area contributed by atoms with E-state index in [1.54, 1.807) is 29.9 Å². The number of hydrogen-bond acceptors (Lipinski definition) is 2.